The number of urea groups is 1. The lowest BCUT2D eigenvalue weighted by Crippen LogP contribution is -2.48. The predicted molar refractivity (Wildman–Crippen MR) is 77.3 cm³/mol. The van der Waals surface area contributed by atoms with Crippen LogP contribution in [0, 0.1) is 0 Å². The summed E-state index contributed by atoms with van der Waals surface area (Å²) in [4.78, 5) is 23.2. The van der Waals surface area contributed by atoms with E-state index in [1.807, 2.05) is 0 Å². The standard InChI is InChI=1S/C14H17N3O4/c1-17-10-4-3-9(7-11(10)21-13(17)19)16-12(18)15-8-14(20)5-2-6-14/h3-4,7,20H,2,5-6,8H2,1H3,(H2,15,16,18). The zero-order valence-electron chi connectivity index (χ0n) is 11.7. The fourth-order valence-corrected chi connectivity index (χ4v) is 2.39. The number of benzene rings is 1. The molecule has 2 amide bonds. The Balaban J connectivity index is 1.66. The summed E-state index contributed by atoms with van der Waals surface area (Å²) < 4.78 is 6.45. The van der Waals surface area contributed by atoms with Crippen molar-refractivity contribution >= 4 is 22.8 Å². The molecule has 21 heavy (non-hydrogen) atoms. The van der Waals surface area contributed by atoms with E-state index in [4.69, 9.17) is 4.42 Å². The van der Waals surface area contributed by atoms with Gasteiger partial charge in [0.05, 0.1) is 11.1 Å². The number of aryl methyl sites for hydroxylation is 1. The number of aromatic nitrogens is 1. The highest BCUT2D eigenvalue weighted by Crippen LogP contribution is 2.30. The van der Waals surface area contributed by atoms with E-state index < -0.39 is 17.4 Å². The number of hydrogen-bond acceptors (Lipinski definition) is 4. The molecule has 1 aromatic heterocycles. The Labute approximate surface area is 120 Å². The van der Waals surface area contributed by atoms with Gasteiger partial charge in [0, 0.05) is 25.3 Å². The van der Waals surface area contributed by atoms with E-state index in [-0.39, 0.29) is 6.54 Å². The summed E-state index contributed by atoms with van der Waals surface area (Å²) in [5.74, 6) is -0.446. The van der Waals surface area contributed by atoms with Crippen LogP contribution in [0.3, 0.4) is 0 Å². The number of amides is 2. The van der Waals surface area contributed by atoms with Gasteiger partial charge in [0.25, 0.3) is 0 Å². The number of hydrogen-bond donors (Lipinski definition) is 3. The summed E-state index contributed by atoms with van der Waals surface area (Å²) in [7, 11) is 1.62. The maximum atomic E-state index is 11.8. The number of anilines is 1. The Morgan fingerprint density at radius 2 is 2.24 bits per heavy atom. The molecule has 1 heterocycles. The minimum absolute atomic E-state index is 0.238. The van der Waals surface area contributed by atoms with E-state index in [0.717, 1.165) is 6.42 Å². The Kier molecular flexibility index (Phi) is 3.21. The zero-order chi connectivity index (χ0) is 15.0. The first-order valence-electron chi connectivity index (χ1n) is 6.84. The fourth-order valence-electron chi connectivity index (χ4n) is 2.39. The van der Waals surface area contributed by atoms with Crippen molar-refractivity contribution in [2.75, 3.05) is 11.9 Å². The van der Waals surface area contributed by atoms with Crippen molar-refractivity contribution in [2.24, 2.45) is 7.05 Å². The number of nitrogens with zero attached hydrogens (tertiary/aromatic N) is 1. The first kappa shape index (κ1) is 13.7. The van der Waals surface area contributed by atoms with Crippen LogP contribution in [-0.2, 0) is 7.05 Å². The van der Waals surface area contributed by atoms with E-state index in [1.54, 1.807) is 25.2 Å². The van der Waals surface area contributed by atoms with Crippen molar-refractivity contribution in [1.82, 2.24) is 9.88 Å². The number of rotatable bonds is 3. The molecular weight excluding hydrogens is 274 g/mol. The van der Waals surface area contributed by atoms with Gasteiger partial charge >= 0.3 is 11.8 Å². The molecule has 112 valence electrons. The van der Waals surface area contributed by atoms with Crippen LogP contribution in [0.2, 0.25) is 0 Å². The van der Waals surface area contributed by atoms with Crippen molar-refractivity contribution in [3.8, 4) is 0 Å². The highest BCUT2D eigenvalue weighted by atomic mass is 16.4. The number of nitrogens with one attached hydrogen (secondary N) is 2. The average Bonchev–Trinajstić information content (AvgIpc) is 2.69. The van der Waals surface area contributed by atoms with Gasteiger partial charge in [-0.25, -0.2) is 9.59 Å². The summed E-state index contributed by atoms with van der Waals surface area (Å²) >= 11 is 0. The quantitative estimate of drug-likeness (QED) is 0.790. The second-order valence-corrected chi connectivity index (χ2v) is 5.50. The number of fused-ring (bicyclic) bond motifs is 1. The van der Waals surface area contributed by atoms with Crippen LogP contribution in [0.5, 0.6) is 0 Å². The van der Waals surface area contributed by atoms with Crippen LogP contribution >= 0.6 is 0 Å². The third-order valence-electron chi connectivity index (χ3n) is 3.91. The van der Waals surface area contributed by atoms with E-state index in [0.29, 0.717) is 29.6 Å². The molecule has 0 aliphatic heterocycles. The minimum Gasteiger partial charge on any atom is -0.408 e. The summed E-state index contributed by atoms with van der Waals surface area (Å²) in [6.07, 6.45) is 2.42. The van der Waals surface area contributed by atoms with Gasteiger partial charge < -0.3 is 20.2 Å². The SMILES string of the molecule is Cn1c(=O)oc2cc(NC(=O)NCC3(O)CCC3)ccc21. The van der Waals surface area contributed by atoms with Gasteiger partial charge in [0.1, 0.15) is 0 Å². The topological polar surface area (TPSA) is 96.5 Å². The normalized spacial score (nSPS) is 16.5. The molecule has 1 fully saturated rings. The number of carbonyl (C=O) groups excluding carboxylic acids is 1. The lowest BCUT2D eigenvalue weighted by molar-refractivity contribution is -0.0287. The summed E-state index contributed by atoms with van der Waals surface area (Å²) in [6.45, 7) is 0.238. The van der Waals surface area contributed by atoms with Gasteiger partial charge in [0.2, 0.25) is 0 Å². The van der Waals surface area contributed by atoms with Gasteiger partial charge in [-0.2, -0.15) is 0 Å². The summed E-state index contributed by atoms with van der Waals surface area (Å²) in [5.41, 5.74) is 0.843. The molecule has 0 saturated heterocycles. The Morgan fingerprint density at radius 3 is 2.90 bits per heavy atom. The van der Waals surface area contributed by atoms with E-state index in [1.165, 1.54) is 4.57 Å². The third kappa shape index (κ3) is 2.64. The second-order valence-electron chi connectivity index (χ2n) is 5.50. The molecule has 0 spiro atoms. The Bertz CT molecular complexity index is 742. The molecule has 3 rings (SSSR count). The van der Waals surface area contributed by atoms with Crippen molar-refractivity contribution in [3.63, 3.8) is 0 Å². The first-order chi connectivity index (χ1) is 9.97. The fraction of sp³-hybridized carbons (Fsp3) is 0.429. The monoisotopic (exact) mass is 291 g/mol. The smallest absolute Gasteiger partial charge is 0.408 e. The van der Waals surface area contributed by atoms with Gasteiger partial charge in [0.15, 0.2) is 5.58 Å². The molecule has 0 radical (unpaired) electrons. The van der Waals surface area contributed by atoms with Crippen LogP contribution in [-0.4, -0.2) is 27.9 Å². The molecule has 2 aromatic rings. The van der Waals surface area contributed by atoms with Crippen LogP contribution in [0.1, 0.15) is 19.3 Å². The van der Waals surface area contributed by atoms with E-state index in [9.17, 15) is 14.7 Å². The number of aliphatic hydroxyl groups is 1. The lowest BCUT2D eigenvalue weighted by Gasteiger charge is -2.36. The van der Waals surface area contributed by atoms with Gasteiger partial charge in [-0.15, -0.1) is 0 Å². The van der Waals surface area contributed by atoms with Crippen LogP contribution < -0.4 is 16.4 Å². The average molecular weight is 291 g/mol. The number of carbonyl (C=O) groups is 1. The maximum Gasteiger partial charge on any atom is 0.419 e. The summed E-state index contributed by atoms with van der Waals surface area (Å²) in [6, 6.07) is 4.59. The molecule has 1 aromatic carbocycles. The van der Waals surface area contributed by atoms with Gasteiger partial charge in [-0.05, 0) is 31.4 Å². The third-order valence-corrected chi connectivity index (χ3v) is 3.91. The zero-order valence-corrected chi connectivity index (χ0v) is 11.7. The lowest BCUT2D eigenvalue weighted by atomic mass is 9.80. The predicted octanol–water partition coefficient (Wildman–Crippen LogP) is 1.17. The molecule has 0 atom stereocenters. The van der Waals surface area contributed by atoms with Gasteiger partial charge in [-0.1, -0.05) is 0 Å². The van der Waals surface area contributed by atoms with Crippen LogP contribution in [0.25, 0.3) is 11.1 Å². The Hall–Kier alpha value is -2.28. The molecule has 3 N–H and O–H groups in total. The van der Waals surface area contributed by atoms with Crippen molar-refractivity contribution in [2.45, 2.75) is 24.9 Å². The first-order valence-corrected chi connectivity index (χ1v) is 6.84. The molecule has 1 aliphatic carbocycles. The van der Waals surface area contributed by atoms with E-state index >= 15 is 0 Å². The summed E-state index contributed by atoms with van der Waals surface area (Å²) in [5, 5.41) is 15.2. The van der Waals surface area contributed by atoms with E-state index in [2.05, 4.69) is 10.6 Å². The van der Waals surface area contributed by atoms with Crippen molar-refractivity contribution < 1.29 is 14.3 Å². The minimum atomic E-state index is -0.756. The van der Waals surface area contributed by atoms with Gasteiger partial charge in [-0.3, -0.25) is 4.57 Å². The highest BCUT2D eigenvalue weighted by molar-refractivity contribution is 5.91. The second kappa shape index (κ2) is 4.92. The molecule has 1 aliphatic rings. The van der Waals surface area contributed by atoms with Crippen molar-refractivity contribution in [1.29, 1.82) is 0 Å². The number of oxazole rings is 1. The van der Waals surface area contributed by atoms with Crippen LogP contribution in [0.4, 0.5) is 10.5 Å². The molecule has 1 saturated carbocycles. The molecule has 0 bridgehead atoms. The maximum absolute atomic E-state index is 11.8. The largest absolute Gasteiger partial charge is 0.419 e. The Morgan fingerprint density at radius 1 is 1.48 bits per heavy atom. The molecular formula is C14H17N3O4. The molecule has 7 heteroatoms. The molecule has 7 nitrogen and oxygen atoms in total. The highest BCUT2D eigenvalue weighted by Gasteiger charge is 2.34. The van der Waals surface area contributed by atoms with Crippen LogP contribution in [0.15, 0.2) is 27.4 Å². The molecule has 0 unspecified atom stereocenters. The van der Waals surface area contributed by atoms with Crippen molar-refractivity contribution in [3.05, 3.63) is 28.7 Å².